The van der Waals surface area contributed by atoms with Crippen LogP contribution >= 0.6 is 11.3 Å². The lowest BCUT2D eigenvalue weighted by Gasteiger charge is -2.31. The van der Waals surface area contributed by atoms with E-state index in [0.29, 0.717) is 6.42 Å². The monoisotopic (exact) mass is 534 g/mol. The summed E-state index contributed by atoms with van der Waals surface area (Å²) in [5, 5.41) is 4.42. The van der Waals surface area contributed by atoms with Crippen molar-refractivity contribution in [2.45, 2.75) is 38.6 Å². The lowest BCUT2D eigenvalue weighted by molar-refractivity contribution is -0.131. The summed E-state index contributed by atoms with van der Waals surface area (Å²) in [6.07, 6.45) is 5.67. The fourth-order valence-electron chi connectivity index (χ4n) is 6.11. The van der Waals surface area contributed by atoms with Crippen LogP contribution in [-0.4, -0.2) is 91.2 Å². The molecule has 38 heavy (non-hydrogen) atoms. The highest BCUT2D eigenvalue weighted by atomic mass is 32.1. The minimum atomic E-state index is 0.000769. The number of pyridine rings is 1. The first-order valence-corrected chi connectivity index (χ1v) is 14.9. The van der Waals surface area contributed by atoms with Gasteiger partial charge in [-0.1, -0.05) is 18.2 Å². The van der Waals surface area contributed by atoms with E-state index in [1.165, 1.54) is 16.6 Å². The van der Waals surface area contributed by atoms with Gasteiger partial charge in [0.05, 0.1) is 36.2 Å². The first-order valence-electron chi connectivity index (χ1n) is 14.1. The fraction of sp³-hybridized carbons (Fsp3) is 0.552. The number of rotatable bonds is 6. The first kappa shape index (κ1) is 25.5. The number of aromatic nitrogens is 2. The van der Waals surface area contributed by atoms with Crippen LogP contribution in [-0.2, 0) is 9.53 Å². The molecule has 2 aromatic heterocycles. The number of nitrogens with zero attached hydrogens (tertiary/aromatic N) is 6. The molecule has 1 amide bonds. The van der Waals surface area contributed by atoms with Crippen LogP contribution in [0.5, 0.6) is 0 Å². The average molecular weight is 535 g/mol. The Kier molecular flexibility index (Phi) is 7.76. The molecule has 0 bridgehead atoms. The van der Waals surface area contributed by atoms with Crippen molar-refractivity contribution in [2.24, 2.45) is 0 Å². The molecule has 0 saturated carbocycles. The highest BCUT2D eigenvalue weighted by Crippen LogP contribution is 2.34. The van der Waals surface area contributed by atoms with Gasteiger partial charge in [-0.25, -0.2) is 4.98 Å². The van der Waals surface area contributed by atoms with Gasteiger partial charge in [0, 0.05) is 75.7 Å². The Bertz CT molecular complexity index is 1250. The quantitative estimate of drug-likeness (QED) is 0.472. The second kappa shape index (κ2) is 11.6. The highest BCUT2D eigenvalue weighted by molar-refractivity contribution is 7.13. The zero-order valence-corrected chi connectivity index (χ0v) is 23.2. The van der Waals surface area contributed by atoms with Crippen molar-refractivity contribution in [3.8, 4) is 0 Å². The highest BCUT2D eigenvalue weighted by Gasteiger charge is 2.31. The van der Waals surface area contributed by atoms with E-state index >= 15 is 0 Å². The number of thiazole rings is 1. The minimum Gasteiger partial charge on any atom is -0.378 e. The van der Waals surface area contributed by atoms with Crippen LogP contribution in [0, 0.1) is 6.92 Å². The summed E-state index contributed by atoms with van der Waals surface area (Å²) in [5.41, 5.74) is 4.63. The van der Waals surface area contributed by atoms with E-state index in [4.69, 9.17) is 14.7 Å². The van der Waals surface area contributed by atoms with Crippen LogP contribution in [0.4, 0.5) is 10.8 Å². The van der Waals surface area contributed by atoms with Gasteiger partial charge < -0.3 is 19.4 Å². The molecular formula is C29H38N6O2S. The Morgan fingerprint density at radius 2 is 1.82 bits per heavy atom. The van der Waals surface area contributed by atoms with Gasteiger partial charge in [-0.15, -0.1) is 11.3 Å². The Labute approximate surface area is 229 Å². The predicted octanol–water partition coefficient (Wildman–Crippen LogP) is 4.10. The molecule has 3 saturated heterocycles. The molecule has 3 fully saturated rings. The molecule has 0 radical (unpaired) electrons. The zero-order valence-electron chi connectivity index (χ0n) is 22.3. The maximum Gasteiger partial charge on any atom is 0.224 e. The SMILES string of the molecule is Cc1ccc2cccnc2c1N1CCCN(C(CC(=O)N2CCCC2)c2csc(N3CCOCC3)n2)CC1. The third kappa shape index (κ3) is 5.37. The van der Waals surface area contributed by atoms with E-state index in [1.807, 2.05) is 12.3 Å². The number of anilines is 2. The molecule has 8 nitrogen and oxygen atoms in total. The third-order valence-electron chi connectivity index (χ3n) is 8.20. The molecule has 1 atom stereocenters. The normalized spacial score (nSPS) is 20.2. The zero-order chi connectivity index (χ0) is 25.9. The molecule has 0 aliphatic carbocycles. The number of hydrogen-bond donors (Lipinski definition) is 0. The second-order valence-electron chi connectivity index (χ2n) is 10.6. The molecule has 0 N–H and O–H groups in total. The molecule has 3 aliphatic heterocycles. The summed E-state index contributed by atoms with van der Waals surface area (Å²) < 4.78 is 5.54. The number of amides is 1. The predicted molar refractivity (Wildman–Crippen MR) is 153 cm³/mol. The molecule has 1 unspecified atom stereocenters. The second-order valence-corrected chi connectivity index (χ2v) is 11.5. The molecule has 5 heterocycles. The number of morpholine rings is 1. The van der Waals surface area contributed by atoms with Crippen LogP contribution in [0.1, 0.15) is 43.0 Å². The molecule has 9 heteroatoms. The van der Waals surface area contributed by atoms with Crippen LogP contribution in [0.3, 0.4) is 0 Å². The van der Waals surface area contributed by atoms with Crippen LogP contribution in [0.25, 0.3) is 10.9 Å². The lowest BCUT2D eigenvalue weighted by atomic mass is 10.1. The van der Waals surface area contributed by atoms with E-state index in [-0.39, 0.29) is 11.9 Å². The van der Waals surface area contributed by atoms with Crippen molar-refractivity contribution >= 4 is 39.0 Å². The molecule has 3 aromatic rings. The molecule has 0 spiro atoms. The van der Waals surface area contributed by atoms with Gasteiger partial charge in [0.2, 0.25) is 5.91 Å². The number of fused-ring (bicyclic) bond motifs is 1. The summed E-state index contributed by atoms with van der Waals surface area (Å²) in [4.78, 5) is 32.6. The van der Waals surface area contributed by atoms with Crippen LogP contribution in [0.15, 0.2) is 35.8 Å². The van der Waals surface area contributed by atoms with Crippen molar-refractivity contribution in [3.05, 3.63) is 47.1 Å². The summed E-state index contributed by atoms with van der Waals surface area (Å²) in [5.74, 6) is 0.267. The molecular weight excluding hydrogens is 496 g/mol. The van der Waals surface area contributed by atoms with E-state index in [0.717, 1.165) is 101 Å². The van der Waals surface area contributed by atoms with Gasteiger partial charge in [-0.05, 0) is 37.8 Å². The van der Waals surface area contributed by atoms with Gasteiger partial charge in [0.15, 0.2) is 5.13 Å². The third-order valence-corrected chi connectivity index (χ3v) is 9.12. The standard InChI is InChI=1S/C29H38N6O2S/c1-22-7-8-23-6-4-9-30-27(23)28(22)34-13-5-12-32(14-15-34)25(20-26(36)33-10-2-3-11-33)24-21-38-29(31-24)35-16-18-37-19-17-35/h4,6-9,21,25H,2-3,5,10-20H2,1H3. The van der Waals surface area contributed by atoms with Crippen molar-refractivity contribution in [3.63, 3.8) is 0 Å². The van der Waals surface area contributed by atoms with E-state index in [9.17, 15) is 4.79 Å². The number of ether oxygens (including phenoxy) is 1. The smallest absolute Gasteiger partial charge is 0.224 e. The number of benzene rings is 1. The Balaban J connectivity index is 1.24. The van der Waals surface area contributed by atoms with Crippen molar-refractivity contribution in [1.29, 1.82) is 0 Å². The van der Waals surface area contributed by atoms with E-state index in [2.05, 4.69) is 50.1 Å². The van der Waals surface area contributed by atoms with Crippen molar-refractivity contribution in [2.75, 3.05) is 75.4 Å². The fourth-order valence-corrected chi connectivity index (χ4v) is 7.04. The maximum atomic E-state index is 13.4. The minimum absolute atomic E-state index is 0.000769. The lowest BCUT2D eigenvalue weighted by Crippen LogP contribution is -2.38. The molecule has 202 valence electrons. The Morgan fingerprint density at radius 1 is 0.974 bits per heavy atom. The van der Waals surface area contributed by atoms with Gasteiger partial charge in [0.25, 0.3) is 0 Å². The maximum absolute atomic E-state index is 13.4. The van der Waals surface area contributed by atoms with Crippen molar-refractivity contribution in [1.82, 2.24) is 19.8 Å². The topological polar surface area (TPSA) is 65.0 Å². The van der Waals surface area contributed by atoms with Gasteiger partial charge >= 0.3 is 0 Å². The number of likely N-dealkylation sites (tertiary alicyclic amines) is 1. The van der Waals surface area contributed by atoms with Crippen LogP contribution in [0.2, 0.25) is 0 Å². The van der Waals surface area contributed by atoms with Gasteiger partial charge in [-0.3, -0.25) is 14.7 Å². The van der Waals surface area contributed by atoms with Gasteiger partial charge in [0.1, 0.15) is 0 Å². The van der Waals surface area contributed by atoms with Crippen molar-refractivity contribution < 1.29 is 9.53 Å². The summed E-state index contributed by atoms with van der Waals surface area (Å²) >= 11 is 1.70. The average Bonchev–Trinajstić information content (AvgIpc) is 3.62. The first-order chi connectivity index (χ1) is 18.7. The van der Waals surface area contributed by atoms with E-state index < -0.39 is 0 Å². The summed E-state index contributed by atoms with van der Waals surface area (Å²) in [6.45, 7) is 11.0. The summed E-state index contributed by atoms with van der Waals surface area (Å²) in [6, 6.07) is 8.53. The molecule has 1 aromatic carbocycles. The number of hydrogen-bond acceptors (Lipinski definition) is 8. The summed E-state index contributed by atoms with van der Waals surface area (Å²) in [7, 11) is 0. The van der Waals surface area contributed by atoms with Gasteiger partial charge in [-0.2, -0.15) is 0 Å². The number of carbonyl (C=O) groups is 1. The molecule has 6 rings (SSSR count). The number of aryl methyl sites for hydroxylation is 1. The Hall–Kier alpha value is -2.75. The van der Waals surface area contributed by atoms with Crippen LogP contribution < -0.4 is 9.80 Å². The number of carbonyl (C=O) groups excluding carboxylic acids is 1. The van der Waals surface area contributed by atoms with E-state index in [1.54, 1.807) is 11.3 Å². The largest absolute Gasteiger partial charge is 0.378 e. The Morgan fingerprint density at radius 3 is 2.66 bits per heavy atom. The molecule has 3 aliphatic rings.